The molecule has 0 spiro atoms. The molecular weight excluding hydrogens is 508 g/mol. The molecule has 4 rings (SSSR count). The molecule has 0 unspecified atom stereocenters. The van der Waals surface area contributed by atoms with E-state index in [0.717, 1.165) is 30.6 Å². The van der Waals surface area contributed by atoms with Crippen LogP contribution in [0.4, 0.5) is 0 Å². The lowest BCUT2D eigenvalue weighted by atomic mass is 9.60. The highest BCUT2D eigenvalue weighted by atomic mass is 16.5. The summed E-state index contributed by atoms with van der Waals surface area (Å²) in [5, 5.41) is 0. The van der Waals surface area contributed by atoms with Crippen molar-refractivity contribution >= 4 is 11.9 Å². The van der Waals surface area contributed by atoms with Gasteiger partial charge in [-0.1, -0.05) is 82.9 Å². The van der Waals surface area contributed by atoms with E-state index in [1.165, 1.54) is 75.3 Å². The molecule has 2 aliphatic carbocycles. The summed E-state index contributed by atoms with van der Waals surface area (Å²) < 4.78 is 10.9. The van der Waals surface area contributed by atoms with Gasteiger partial charge in [0.1, 0.15) is 11.5 Å². The molecule has 41 heavy (non-hydrogen) atoms. The molecule has 2 aromatic carbocycles. The fourth-order valence-corrected chi connectivity index (χ4v) is 7.05. The average Bonchev–Trinajstić information content (AvgIpc) is 2.98. The first-order chi connectivity index (χ1) is 19.7. The molecule has 0 saturated heterocycles. The molecule has 2 aromatic rings. The number of carbonyl (C=O) groups is 2. The highest BCUT2D eigenvalue weighted by Crippen LogP contribution is 2.50. The fourth-order valence-electron chi connectivity index (χ4n) is 7.05. The first kappa shape index (κ1) is 30.8. The third-order valence-corrected chi connectivity index (χ3v) is 9.59. The van der Waals surface area contributed by atoms with Crippen LogP contribution in [0.1, 0.15) is 109 Å². The maximum Gasteiger partial charge on any atom is 0.338 e. The summed E-state index contributed by atoms with van der Waals surface area (Å²) in [5.74, 6) is 2.82. The molecule has 0 amide bonds. The van der Waals surface area contributed by atoms with E-state index in [9.17, 15) is 9.59 Å². The van der Waals surface area contributed by atoms with E-state index >= 15 is 0 Å². The Labute approximate surface area is 247 Å². The van der Waals surface area contributed by atoms with E-state index in [1.807, 2.05) is 24.3 Å². The molecule has 4 heteroatoms. The zero-order valence-electron chi connectivity index (χ0n) is 25.4. The Morgan fingerprint density at radius 2 is 1.15 bits per heavy atom. The van der Waals surface area contributed by atoms with Crippen molar-refractivity contribution in [1.82, 2.24) is 0 Å². The quantitative estimate of drug-likeness (QED) is 0.120. The summed E-state index contributed by atoms with van der Waals surface area (Å²) in [4.78, 5) is 24.1. The van der Waals surface area contributed by atoms with Gasteiger partial charge < -0.3 is 9.47 Å². The topological polar surface area (TPSA) is 52.6 Å². The molecule has 0 N–H and O–H groups in total. The number of esters is 2. The van der Waals surface area contributed by atoms with Gasteiger partial charge in [-0.15, -0.1) is 0 Å². The van der Waals surface area contributed by atoms with E-state index in [2.05, 4.69) is 44.3 Å². The number of rotatable bonds is 11. The van der Waals surface area contributed by atoms with Crippen molar-refractivity contribution in [2.45, 2.75) is 103 Å². The van der Waals surface area contributed by atoms with Gasteiger partial charge in [-0.25, -0.2) is 9.59 Å². The van der Waals surface area contributed by atoms with Crippen molar-refractivity contribution in [2.75, 3.05) is 0 Å². The normalized spacial score (nSPS) is 20.7. The molecular formula is C37H48O4. The van der Waals surface area contributed by atoms with E-state index in [4.69, 9.17) is 9.47 Å². The minimum Gasteiger partial charge on any atom is -0.423 e. The minimum atomic E-state index is -0.409. The largest absolute Gasteiger partial charge is 0.423 e. The number of unbranched alkanes of at least 4 members (excludes halogenated alkanes) is 2. The average molecular weight is 557 g/mol. The van der Waals surface area contributed by atoms with Crippen molar-refractivity contribution < 1.29 is 19.1 Å². The summed E-state index contributed by atoms with van der Waals surface area (Å²) in [6.07, 6.45) is 15.7. The Morgan fingerprint density at radius 3 is 1.56 bits per heavy atom. The molecule has 2 saturated carbocycles. The number of hydrogen-bond acceptors (Lipinski definition) is 4. The Morgan fingerprint density at radius 1 is 0.707 bits per heavy atom. The van der Waals surface area contributed by atoms with Gasteiger partial charge in [0, 0.05) is 16.6 Å². The van der Waals surface area contributed by atoms with Crippen LogP contribution in [0, 0.1) is 17.8 Å². The van der Waals surface area contributed by atoms with Gasteiger partial charge >= 0.3 is 11.9 Å². The van der Waals surface area contributed by atoms with Gasteiger partial charge in [0.25, 0.3) is 0 Å². The molecule has 0 aliphatic heterocycles. The molecule has 0 atom stereocenters. The minimum absolute atomic E-state index is 0.137. The van der Waals surface area contributed by atoms with Crippen molar-refractivity contribution in [3.63, 3.8) is 0 Å². The Bertz CT molecular complexity index is 1120. The zero-order chi connectivity index (χ0) is 29.4. The van der Waals surface area contributed by atoms with Crippen LogP contribution >= 0.6 is 0 Å². The summed E-state index contributed by atoms with van der Waals surface area (Å²) in [6, 6.07) is 16.0. The van der Waals surface area contributed by atoms with Crippen LogP contribution in [0.25, 0.3) is 0 Å². The first-order valence-corrected chi connectivity index (χ1v) is 15.7. The molecule has 220 valence electrons. The molecule has 0 aromatic heterocycles. The second kappa shape index (κ2) is 14.2. The van der Waals surface area contributed by atoms with Crippen LogP contribution in [0.2, 0.25) is 0 Å². The third-order valence-electron chi connectivity index (χ3n) is 9.59. The molecule has 2 aliphatic rings. The molecule has 0 heterocycles. The number of ether oxygens (including phenoxy) is 2. The van der Waals surface area contributed by atoms with E-state index in [1.54, 1.807) is 13.8 Å². The Hall–Kier alpha value is -3.14. The van der Waals surface area contributed by atoms with Crippen molar-refractivity contribution in [3.05, 3.63) is 84.0 Å². The first-order valence-electron chi connectivity index (χ1n) is 15.7. The van der Waals surface area contributed by atoms with Gasteiger partial charge in [-0.05, 0) is 106 Å². The van der Waals surface area contributed by atoms with Gasteiger partial charge in [-0.3, -0.25) is 0 Å². The van der Waals surface area contributed by atoms with Gasteiger partial charge in [0.15, 0.2) is 0 Å². The molecule has 0 bridgehead atoms. The monoisotopic (exact) mass is 556 g/mol. The lowest BCUT2D eigenvalue weighted by Gasteiger charge is -2.44. The number of carbonyl (C=O) groups excluding carboxylic acids is 2. The van der Waals surface area contributed by atoms with Crippen molar-refractivity contribution in [2.24, 2.45) is 17.8 Å². The van der Waals surface area contributed by atoms with Crippen LogP contribution in [0.3, 0.4) is 0 Å². The SMILES string of the molecule is C=C(C)C(=O)Oc1ccc(C2(c3ccc(OC(=O)C(=C)C)cc3)CCC(C3CCC(CCCCC)CC3)CC2)cc1. The van der Waals surface area contributed by atoms with Crippen LogP contribution in [0.15, 0.2) is 72.8 Å². The predicted molar refractivity (Wildman–Crippen MR) is 166 cm³/mol. The van der Waals surface area contributed by atoms with Crippen molar-refractivity contribution in [1.29, 1.82) is 0 Å². The number of hydrogen-bond donors (Lipinski definition) is 0. The highest BCUT2D eigenvalue weighted by molar-refractivity contribution is 5.89. The molecule has 0 radical (unpaired) electrons. The molecule has 2 fully saturated rings. The van der Waals surface area contributed by atoms with Gasteiger partial charge in [0.05, 0.1) is 0 Å². The Balaban J connectivity index is 1.50. The second-order valence-corrected chi connectivity index (χ2v) is 12.6. The summed E-state index contributed by atoms with van der Waals surface area (Å²) in [5.41, 5.74) is 3.09. The van der Waals surface area contributed by atoms with Crippen LogP contribution < -0.4 is 9.47 Å². The highest BCUT2D eigenvalue weighted by Gasteiger charge is 2.41. The van der Waals surface area contributed by atoms with E-state index in [-0.39, 0.29) is 5.41 Å². The second-order valence-electron chi connectivity index (χ2n) is 12.6. The molecule has 4 nitrogen and oxygen atoms in total. The van der Waals surface area contributed by atoms with Crippen molar-refractivity contribution in [3.8, 4) is 11.5 Å². The van der Waals surface area contributed by atoms with E-state index < -0.39 is 11.9 Å². The predicted octanol–water partition coefficient (Wildman–Crippen LogP) is 9.51. The maximum absolute atomic E-state index is 12.0. The lowest BCUT2D eigenvalue weighted by molar-refractivity contribution is -0.130. The summed E-state index contributed by atoms with van der Waals surface area (Å²) in [6.45, 7) is 13.0. The fraction of sp³-hybridized carbons (Fsp3) is 0.514. The third kappa shape index (κ3) is 7.78. The Kier molecular flexibility index (Phi) is 10.6. The zero-order valence-corrected chi connectivity index (χ0v) is 25.4. The van der Waals surface area contributed by atoms with Gasteiger partial charge in [-0.2, -0.15) is 0 Å². The van der Waals surface area contributed by atoms with Crippen LogP contribution in [0.5, 0.6) is 11.5 Å². The van der Waals surface area contributed by atoms with Gasteiger partial charge in [0.2, 0.25) is 0 Å². The lowest BCUT2D eigenvalue weighted by Crippen LogP contribution is -2.36. The standard InChI is InChI=1S/C37H48O4/c1-6-7-8-9-28-10-12-29(13-11-28)30-22-24-37(25-23-30,31-14-18-33(19-15-31)40-35(38)26(2)3)32-16-20-34(21-17-32)41-36(39)27(4)5/h14-21,28-30H,2,4,6-13,22-25H2,1,3,5H3. The maximum atomic E-state index is 12.0. The van der Waals surface area contributed by atoms with Crippen LogP contribution in [-0.2, 0) is 15.0 Å². The van der Waals surface area contributed by atoms with E-state index in [0.29, 0.717) is 22.6 Å². The van der Waals surface area contributed by atoms with Crippen LogP contribution in [-0.4, -0.2) is 11.9 Å². The summed E-state index contributed by atoms with van der Waals surface area (Å²) in [7, 11) is 0. The number of benzene rings is 2. The smallest absolute Gasteiger partial charge is 0.338 e. The summed E-state index contributed by atoms with van der Waals surface area (Å²) >= 11 is 0.